The molecule has 4 rings (SSSR count). The van der Waals surface area contributed by atoms with Crippen LogP contribution in [0.3, 0.4) is 0 Å². The van der Waals surface area contributed by atoms with Crippen LogP contribution in [0.15, 0.2) is 85.1 Å². The van der Waals surface area contributed by atoms with Crippen LogP contribution in [0, 0.1) is 0 Å². The fourth-order valence-corrected chi connectivity index (χ4v) is 4.40. The molecule has 4 N–H and O–H groups in total. The van der Waals surface area contributed by atoms with Crippen LogP contribution in [0.4, 0.5) is 0 Å². The number of nitrogens with one attached hydrogen (secondary N) is 4. The topological polar surface area (TPSA) is 103 Å². The minimum atomic E-state index is -0.822. The maximum atomic E-state index is 13.2. The summed E-state index contributed by atoms with van der Waals surface area (Å²) in [5.41, 5.74) is 3.78. The zero-order valence-corrected chi connectivity index (χ0v) is 21.9. The first-order valence-corrected chi connectivity index (χ1v) is 13.0. The molecule has 0 fully saturated rings. The molecule has 0 bridgehead atoms. The predicted molar refractivity (Wildman–Crippen MR) is 150 cm³/mol. The molecule has 4 aromatic rings. The number of amides is 3. The number of hydrogen-bond acceptors (Lipinski definition) is 3. The SMILES string of the molecule is C[C@H](NC(=O)Cc1ccc(Cl)cc1)C(=O)N[C@H](Cc1c[nH]c2ccccc12)C(=O)NCCc1ccccc1. The molecule has 196 valence electrons. The summed E-state index contributed by atoms with van der Waals surface area (Å²) in [5.74, 6) is -1.01. The smallest absolute Gasteiger partial charge is 0.242 e. The predicted octanol–water partition coefficient (Wildman–Crippen LogP) is 3.95. The Labute approximate surface area is 227 Å². The van der Waals surface area contributed by atoms with E-state index in [1.807, 2.05) is 60.8 Å². The third kappa shape index (κ3) is 7.46. The summed E-state index contributed by atoms with van der Waals surface area (Å²) >= 11 is 5.91. The minimum Gasteiger partial charge on any atom is -0.361 e. The van der Waals surface area contributed by atoms with Crippen molar-refractivity contribution in [2.45, 2.75) is 38.3 Å². The summed E-state index contributed by atoms with van der Waals surface area (Å²) < 4.78 is 0. The van der Waals surface area contributed by atoms with E-state index in [4.69, 9.17) is 11.6 Å². The summed E-state index contributed by atoms with van der Waals surface area (Å²) in [7, 11) is 0. The Hall–Kier alpha value is -4.10. The minimum absolute atomic E-state index is 0.119. The van der Waals surface area contributed by atoms with E-state index in [9.17, 15) is 14.4 Å². The molecule has 38 heavy (non-hydrogen) atoms. The van der Waals surface area contributed by atoms with E-state index in [-0.39, 0.29) is 18.2 Å². The van der Waals surface area contributed by atoms with E-state index in [1.165, 1.54) is 0 Å². The van der Waals surface area contributed by atoms with Crippen LogP contribution < -0.4 is 16.0 Å². The lowest BCUT2D eigenvalue weighted by Gasteiger charge is -2.21. The van der Waals surface area contributed by atoms with Crippen molar-refractivity contribution in [3.63, 3.8) is 0 Å². The molecule has 1 aromatic heterocycles. The van der Waals surface area contributed by atoms with Crippen LogP contribution in [-0.2, 0) is 33.6 Å². The third-order valence-corrected chi connectivity index (χ3v) is 6.59. The summed E-state index contributed by atoms with van der Waals surface area (Å²) in [6.45, 7) is 2.04. The van der Waals surface area contributed by atoms with Gasteiger partial charge >= 0.3 is 0 Å². The number of H-pyrrole nitrogens is 1. The number of halogens is 1. The molecule has 7 nitrogen and oxygen atoms in total. The van der Waals surface area contributed by atoms with Crippen molar-refractivity contribution >= 4 is 40.2 Å². The Morgan fingerprint density at radius 3 is 2.32 bits per heavy atom. The lowest BCUT2D eigenvalue weighted by atomic mass is 10.0. The molecule has 1 heterocycles. The van der Waals surface area contributed by atoms with E-state index in [0.717, 1.165) is 27.6 Å². The van der Waals surface area contributed by atoms with Gasteiger partial charge in [0.05, 0.1) is 6.42 Å². The first-order valence-electron chi connectivity index (χ1n) is 12.6. The average molecular weight is 531 g/mol. The van der Waals surface area contributed by atoms with Crippen LogP contribution in [0.5, 0.6) is 0 Å². The third-order valence-electron chi connectivity index (χ3n) is 6.34. The van der Waals surface area contributed by atoms with E-state index >= 15 is 0 Å². The summed E-state index contributed by atoms with van der Waals surface area (Å²) in [6.07, 6.45) is 2.96. The normalized spacial score (nSPS) is 12.5. The van der Waals surface area contributed by atoms with Gasteiger partial charge in [0, 0.05) is 35.1 Å². The number of hydrogen-bond donors (Lipinski definition) is 4. The Morgan fingerprint density at radius 1 is 0.842 bits per heavy atom. The second kappa shape index (κ2) is 12.9. The fourth-order valence-electron chi connectivity index (χ4n) is 4.27. The number of rotatable bonds is 11. The summed E-state index contributed by atoms with van der Waals surface area (Å²) in [4.78, 5) is 42.0. The number of fused-ring (bicyclic) bond motifs is 1. The highest BCUT2D eigenvalue weighted by molar-refractivity contribution is 6.30. The highest BCUT2D eigenvalue weighted by Gasteiger charge is 2.25. The fraction of sp³-hybridized carbons (Fsp3) is 0.233. The van der Waals surface area contributed by atoms with Crippen molar-refractivity contribution in [1.29, 1.82) is 0 Å². The Balaban J connectivity index is 1.40. The molecular formula is C30H31ClN4O3. The van der Waals surface area contributed by atoms with Gasteiger partial charge < -0.3 is 20.9 Å². The van der Waals surface area contributed by atoms with Gasteiger partial charge in [0.15, 0.2) is 0 Å². The van der Waals surface area contributed by atoms with E-state index in [2.05, 4.69) is 20.9 Å². The molecular weight excluding hydrogens is 500 g/mol. The van der Waals surface area contributed by atoms with Crippen molar-refractivity contribution < 1.29 is 14.4 Å². The second-order valence-corrected chi connectivity index (χ2v) is 9.68. The molecule has 0 aliphatic heterocycles. The molecule has 0 unspecified atom stereocenters. The highest BCUT2D eigenvalue weighted by atomic mass is 35.5. The molecule has 0 saturated heterocycles. The van der Waals surface area contributed by atoms with Gasteiger partial charge in [-0.05, 0) is 48.2 Å². The molecule has 0 spiro atoms. The van der Waals surface area contributed by atoms with Gasteiger partial charge in [-0.15, -0.1) is 0 Å². The zero-order valence-electron chi connectivity index (χ0n) is 21.2. The van der Waals surface area contributed by atoms with Gasteiger partial charge in [-0.1, -0.05) is 72.3 Å². The number of aromatic amines is 1. The van der Waals surface area contributed by atoms with Gasteiger partial charge in [-0.25, -0.2) is 0 Å². The van der Waals surface area contributed by atoms with Crippen LogP contribution >= 0.6 is 11.6 Å². The molecule has 2 atom stereocenters. The Bertz CT molecular complexity index is 1390. The summed E-state index contributed by atoms with van der Waals surface area (Å²) in [5, 5.41) is 10.1. The Kier molecular flexibility index (Phi) is 9.16. The highest BCUT2D eigenvalue weighted by Crippen LogP contribution is 2.19. The van der Waals surface area contributed by atoms with Crippen molar-refractivity contribution in [2.24, 2.45) is 0 Å². The van der Waals surface area contributed by atoms with Crippen molar-refractivity contribution in [1.82, 2.24) is 20.9 Å². The first kappa shape index (κ1) is 26.9. The number of aromatic nitrogens is 1. The van der Waals surface area contributed by atoms with Crippen LogP contribution in [-0.4, -0.2) is 41.3 Å². The van der Waals surface area contributed by atoms with Gasteiger partial charge in [0.25, 0.3) is 0 Å². The Morgan fingerprint density at radius 2 is 1.55 bits per heavy atom. The van der Waals surface area contributed by atoms with E-state index in [0.29, 0.717) is 24.4 Å². The molecule has 3 amide bonds. The monoisotopic (exact) mass is 530 g/mol. The van der Waals surface area contributed by atoms with E-state index < -0.39 is 18.0 Å². The average Bonchev–Trinajstić information content (AvgIpc) is 3.32. The number of carbonyl (C=O) groups is 3. The quantitative estimate of drug-likeness (QED) is 0.236. The van der Waals surface area contributed by atoms with Crippen LogP contribution in [0.1, 0.15) is 23.6 Å². The van der Waals surface area contributed by atoms with E-state index in [1.54, 1.807) is 31.2 Å². The van der Waals surface area contributed by atoms with Crippen molar-refractivity contribution in [2.75, 3.05) is 6.54 Å². The zero-order chi connectivity index (χ0) is 26.9. The lowest BCUT2D eigenvalue weighted by molar-refractivity contribution is -0.131. The standard InChI is InChI=1S/C30H31ClN4O3/c1-20(34-28(36)17-22-11-13-24(31)14-12-22)29(37)35-27(18-23-19-33-26-10-6-5-9-25(23)26)30(38)32-16-15-21-7-3-2-4-8-21/h2-14,19-20,27,33H,15-18H2,1H3,(H,32,38)(H,34,36)(H,35,37)/t20-,27+/m0/s1. The molecule has 0 saturated carbocycles. The number of benzene rings is 3. The lowest BCUT2D eigenvalue weighted by Crippen LogP contribution is -2.54. The molecule has 8 heteroatoms. The molecule has 0 aliphatic carbocycles. The summed E-state index contributed by atoms with van der Waals surface area (Å²) in [6, 6.07) is 23.0. The van der Waals surface area contributed by atoms with Gasteiger partial charge in [-0.2, -0.15) is 0 Å². The van der Waals surface area contributed by atoms with Crippen molar-refractivity contribution in [3.8, 4) is 0 Å². The number of carbonyl (C=O) groups excluding carboxylic acids is 3. The largest absolute Gasteiger partial charge is 0.361 e. The maximum Gasteiger partial charge on any atom is 0.242 e. The van der Waals surface area contributed by atoms with Gasteiger partial charge in [0.2, 0.25) is 17.7 Å². The second-order valence-electron chi connectivity index (χ2n) is 9.24. The van der Waals surface area contributed by atoms with Gasteiger partial charge in [-0.3, -0.25) is 14.4 Å². The molecule has 0 radical (unpaired) electrons. The maximum absolute atomic E-state index is 13.2. The molecule has 3 aromatic carbocycles. The van der Waals surface area contributed by atoms with Crippen molar-refractivity contribution in [3.05, 3.63) is 107 Å². The molecule has 0 aliphatic rings. The van der Waals surface area contributed by atoms with Gasteiger partial charge in [0.1, 0.15) is 12.1 Å². The van der Waals surface area contributed by atoms with Crippen LogP contribution in [0.2, 0.25) is 5.02 Å². The number of para-hydroxylation sites is 1. The first-order chi connectivity index (χ1) is 18.4. The van der Waals surface area contributed by atoms with Crippen LogP contribution in [0.25, 0.3) is 10.9 Å².